The van der Waals surface area contributed by atoms with Crippen molar-refractivity contribution in [1.29, 1.82) is 10.5 Å². The van der Waals surface area contributed by atoms with Gasteiger partial charge in [0.1, 0.15) is 24.5 Å². The highest BCUT2D eigenvalue weighted by Crippen LogP contribution is 2.11. The van der Waals surface area contributed by atoms with Crippen LogP contribution in [0.15, 0.2) is 41.7 Å². The van der Waals surface area contributed by atoms with Crippen molar-refractivity contribution in [3.63, 3.8) is 0 Å². The lowest BCUT2D eigenvalue weighted by molar-refractivity contribution is 0.217. The third-order valence-corrected chi connectivity index (χ3v) is 1.86. The number of nitriles is 2. The predicted molar refractivity (Wildman–Crippen MR) is 57.2 cm³/mol. The summed E-state index contributed by atoms with van der Waals surface area (Å²) in [5, 5.41) is 17.3. The van der Waals surface area contributed by atoms with Crippen LogP contribution in [-0.4, -0.2) is 13.7 Å². The van der Waals surface area contributed by atoms with Crippen molar-refractivity contribution in [2.45, 2.75) is 0 Å². The maximum absolute atomic E-state index is 8.66. The third kappa shape index (κ3) is 3.04. The molecule has 0 bridgehead atoms. The summed E-state index contributed by atoms with van der Waals surface area (Å²) in [6.07, 6.45) is 0. The molecule has 1 aromatic carbocycles. The smallest absolute Gasteiger partial charge is 0.170 e. The quantitative estimate of drug-likeness (QED) is 0.568. The van der Waals surface area contributed by atoms with E-state index >= 15 is 0 Å². The first-order valence-corrected chi connectivity index (χ1v) is 4.57. The van der Waals surface area contributed by atoms with Gasteiger partial charge in [0.2, 0.25) is 0 Å². The minimum atomic E-state index is -0.0709. The van der Waals surface area contributed by atoms with Crippen molar-refractivity contribution in [2.75, 3.05) is 13.7 Å². The van der Waals surface area contributed by atoms with Crippen LogP contribution >= 0.6 is 0 Å². The first-order chi connectivity index (χ1) is 7.81. The van der Waals surface area contributed by atoms with Gasteiger partial charge in [0.15, 0.2) is 11.3 Å². The summed E-state index contributed by atoms with van der Waals surface area (Å²) in [5.41, 5.74) is -0.0709. The Morgan fingerprint density at radius 1 is 1.19 bits per heavy atom. The van der Waals surface area contributed by atoms with Crippen molar-refractivity contribution in [1.82, 2.24) is 0 Å². The molecule has 0 unspecified atom stereocenters. The number of methoxy groups -OCH3 is 1. The molecule has 1 aromatic rings. The molecule has 4 nitrogen and oxygen atoms in total. The summed E-state index contributed by atoms with van der Waals surface area (Å²) in [6, 6.07) is 12.6. The lowest BCUT2D eigenvalue weighted by Crippen LogP contribution is -2.05. The molecule has 0 heterocycles. The molecule has 0 aliphatic carbocycles. The van der Waals surface area contributed by atoms with Crippen LogP contribution in [0.25, 0.3) is 0 Å². The highest BCUT2D eigenvalue weighted by molar-refractivity contribution is 5.38. The molecule has 0 saturated carbocycles. The highest BCUT2D eigenvalue weighted by atomic mass is 16.5. The zero-order valence-corrected chi connectivity index (χ0v) is 8.80. The van der Waals surface area contributed by atoms with Crippen LogP contribution in [0.1, 0.15) is 0 Å². The molecule has 16 heavy (non-hydrogen) atoms. The molecule has 0 N–H and O–H groups in total. The fourth-order valence-electron chi connectivity index (χ4n) is 1.05. The molecule has 0 aromatic heterocycles. The van der Waals surface area contributed by atoms with Gasteiger partial charge in [0, 0.05) is 0 Å². The Kier molecular flexibility index (Phi) is 4.43. The van der Waals surface area contributed by atoms with E-state index in [0.29, 0.717) is 5.75 Å². The van der Waals surface area contributed by atoms with Gasteiger partial charge in [-0.3, -0.25) is 0 Å². The van der Waals surface area contributed by atoms with E-state index in [1.165, 1.54) is 7.11 Å². The molecule has 0 aliphatic rings. The van der Waals surface area contributed by atoms with Gasteiger partial charge in [-0.05, 0) is 12.1 Å². The molecule has 0 atom stereocenters. The van der Waals surface area contributed by atoms with Crippen LogP contribution in [-0.2, 0) is 4.74 Å². The van der Waals surface area contributed by atoms with Crippen molar-refractivity contribution < 1.29 is 9.47 Å². The number of benzene rings is 1. The highest BCUT2D eigenvalue weighted by Gasteiger charge is 2.07. The summed E-state index contributed by atoms with van der Waals surface area (Å²) >= 11 is 0. The van der Waals surface area contributed by atoms with E-state index in [1.54, 1.807) is 24.3 Å². The average Bonchev–Trinajstić information content (AvgIpc) is 2.35. The topological polar surface area (TPSA) is 66.0 Å². The minimum absolute atomic E-state index is 0.0664. The standard InChI is InChI=1S/C12H10N2O2/c1-15-12(10(7-13)8-14)9-16-11-5-3-2-4-6-11/h2-6H,9H2,1H3. The second-order valence-corrected chi connectivity index (χ2v) is 2.83. The van der Waals surface area contributed by atoms with Gasteiger partial charge in [-0.2, -0.15) is 10.5 Å². The van der Waals surface area contributed by atoms with Gasteiger partial charge >= 0.3 is 0 Å². The second-order valence-electron chi connectivity index (χ2n) is 2.83. The Labute approximate surface area is 93.9 Å². The molecule has 0 spiro atoms. The predicted octanol–water partition coefficient (Wildman–Crippen LogP) is 2.01. The van der Waals surface area contributed by atoms with Gasteiger partial charge in [-0.25, -0.2) is 0 Å². The average molecular weight is 214 g/mol. The number of hydrogen-bond donors (Lipinski definition) is 0. The van der Waals surface area contributed by atoms with Crippen LogP contribution < -0.4 is 4.74 Å². The first kappa shape index (κ1) is 11.6. The molecular formula is C12H10N2O2. The van der Waals surface area contributed by atoms with E-state index in [-0.39, 0.29) is 17.9 Å². The van der Waals surface area contributed by atoms with Crippen LogP contribution in [0.2, 0.25) is 0 Å². The molecule has 80 valence electrons. The number of rotatable bonds is 4. The monoisotopic (exact) mass is 214 g/mol. The van der Waals surface area contributed by atoms with E-state index in [1.807, 2.05) is 18.2 Å². The number of para-hydroxylation sites is 1. The van der Waals surface area contributed by atoms with Crippen LogP contribution in [0, 0.1) is 22.7 Å². The van der Waals surface area contributed by atoms with Crippen molar-refractivity contribution in [3.8, 4) is 17.9 Å². The van der Waals surface area contributed by atoms with E-state index < -0.39 is 0 Å². The lowest BCUT2D eigenvalue weighted by Gasteiger charge is -2.08. The molecule has 0 saturated heterocycles. The minimum Gasteiger partial charge on any atom is -0.495 e. The number of hydrogen-bond acceptors (Lipinski definition) is 4. The maximum atomic E-state index is 8.66. The number of allylic oxidation sites excluding steroid dienone is 1. The van der Waals surface area contributed by atoms with Gasteiger partial charge in [-0.15, -0.1) is 0 Å². The molecule has 0 radical (unpaired) electrons. The Morgan fingerprint density at radius 2 is 1.81 bits per heavy atom. The Bertz CT molecular complexity index is 436. The molecule has 0 amide bonds. The largest absolute Gasteiger partial charge is 0.495 e. The summed E-state index contributed by atoms with van der Waals surface area (Å²) in [4.78, 5) is 0. The van der Waals surface area contributed by atoms with E-state index in [4.69, 9.17) is 20.0 Å². The van der Waals surface area contributed by atoms with E-state index in [2.05, 4.69) is 0 Å². The zero-order valence-electron chi connectivity index (χ0n) is 8.80. The fraction of sp³-hybridized carbons (Fsp3) is 0.167. The third-order valence-electron chi connectivity index (χ3n) is 1.86. The maximum Gasteiger partial charge on any atom is 0.170 e. The van der Waals surface area contributed by atoms with Crippen molar-refractivity contribution >= 4 is 0 Å². The lowest BCUT2D eigenvalue weighted by atomic mass is 10.3. The number of ether oxygens (including phenoxy) is 2. The van der Waals surface area contributed by atoms with Gasteiger partial charge in [0.05, 0.1) is 7.11 Å². The van der Waals surface area contributed by atoms with E-state index in [9.17, 15) is 0 Å². The van der Waals surface area contributed by atoms with E-state index in [0.717, 1.165) is 0 Å². The van der Waals surface area contributed by atoms with Gasteiger partial charge < -0.3 is 9.47 Å². The Balaban J connectivity index is 2.71. The SMILES string of the molecule is COC(COc1ccccc1)=C(C#N)C#N. The van der Waals surface area contributed by atoms with Crippen LogP contribution in [0.4, 0.5) is 0 Å². The van der Waals surface area contributed by atoms with Gasteiger partial charge in [0.25, 0.3) is 0 Å². The van der Waals surface area contributed by atoms with Crippen molar-refractivity contribution in [2.24, 2.45) is 0 Å². The molecule has 0 fully saturated rings. The molecule has 1 rings (SSSR count). The fourth-order valence-corrected chi connectivity index (χ4v) is 1.05. The molecule has 0 aliphatic heterocycles. The second kappa shape index (κ2) is 6.10. The number of nitrogens with zero attached hydrogens (tertiary/aromatic N) is 2. The summed E-state index contributed by atoms with van der Waals surface area (Å²) < 4.78 is 10.3. The van der Waals surface area contributed by atoms with Crippen molar-refractivity contribution in [3.05, 3.63) is 41.7 Å². The zero-order chi connectivity index (χ0) is 11.8. The first-order valence-electron chi connectivity index (χ1n) is 4.57. The normalized spacial score (nSPS) is 8.44. The Hall–Kier alpha value is -2.46. The van der Waals surface area contributed by atoms with Gasteiger partial charge in [-0.1, -0.05) is 18.2 Å². The Morgan fingerprint density at radius 3 is 2.31 bits per heavy atom. The summed E-state index contributed by atoms with van der Waals surface area (Å²) in [6.45, 7) is 0.0664. The summed E-state index contributed by atoms with van der Waals surface area (Å²) in [7, 11) is 1.40. The molecular weight excluding hydrogens is 204 g/mol. The molecule has 4 heteroatoms. The van der Waals surface area contributed by atoms with Crippen LogP contribution in [0.3, 0.4) is 0 Å². The summed E-state index contributed by atoms with van der Waals surface area (Å²) in [5.74, 6) is 0.890. The van der Waals surface area contributed by atoms with Crippen LogP contribution in [0.5, 0.6) is 5.75 Å².